The molecule has 7 nitrogen and oxygen atoms in total. The molecular weight excluding hydrogens is 310 g/mol. The van der Waals surface area contributed by atoms with Gasteiger partial charge in [-0.25, -0.2) is 9.97 Å². The molecule has 0 spiro atoms. The summed E-state index contributed by atoms with van der Waals surface area (Å²) in [5, 5.41) is 0. The first-order valence-corrected chi connectivity index (χ1v) is 11.3. The van der Waals surface area contributed by atoms with E-state index in [9.17, 15) is 4.79 Å². The van der Waals surface area contributed by atoms with Crippen LogP contribution < -0.4 is 11.3 Å². The van der Waals surface area contributed by atoms with Gasteiger partial charge in [-0.1, -0.05) is 19.6 Å². The Morgan fingerprint density at radius 1 is 1.30 bits per heavy atom. The van der Waals surface area contributed by atoms with Gasteiger partial charge in [0.2, 0.25) is 0 Å². The molecule has 126 valence electrons. The molecule has 0 fully saturated rings. The molecule has 0 saturated carbocycles. The Morgan fingerprint density at radius 3 is 2.61 bits per heavy atom. The van der Waals surface area contributed by atoms with Crippen molar-refractivity contribution in [3.8, 4) is 11.4 Å². The lowest BCUT2D eigenvalue weighted by Gasteiger charge is -2.16. The van der Waals surface area contributed by atoms with Crippen molar-refractivity contribution in [2.24, 2.45) is 7.05 Å². The highest BCUT2D eigenvalue weighted by Gasteiger charge is 2.15. The lowest BCUT2D eigenvalue weighted by atomic mass is 10.3. The predicted molar refractivity (Wildman–Crippen MR) is 94.0 cm³/mol. The molecule has 0 amide bonds. The van der Waals surface area contributed by atoms with Gasteiger partial charge in [-0.15, -0.1) is 0 Å². The zero-order valence-corrected chi connectivity index (χ0v) is 15.5. The second-order valence-electron chi connectivity index (χ2n) is 6.92. The number of nitrogen functional groups attached to an aromatic ring is 1. The molecular formula is C15H25N5O2Si. The Bertz CT molecular complexity index is 725. The minimum absolute atomic E-state index is 0.163. The average molecular weight is 335 g/mol. The number of hydrogen-bond acceptors (Lipinski definition) is 5. The zero-order valence-electron chi connectivity index (χ0n) is 14.5. The van der Waals surface area contributed by atoms with Crippen LogP contribution in [0.15, 0.2) is 17.1 Å². The number of hydrogen-bond donors (Lipinski definition) is 1. The molecule has 0 bridgehead atoms. The first-order chi connectivity index (χ1) is 10.7. The SMILES string of the molecule is Cc1cc(N)nc(-c2cn(COCC[Si](C)(C)C)n(C)c2=O)n1. The van der Waals surface area contributed by atoms with Crippen molar-refractivity contribution in [2.75, 3.05) is 12.3 Å². The summed E-state index contributed by atoms with van der Waals surface area (Å²) in [6.45, 7) is 9.77. The van der Waals surface area contributed by atoms with Gasteiger partial charge in [0, 0.05) is 39.7 Å². The number of anilines is 1. The minimum atomic E-state index is -1.12. The summed E-state index contributed by atoms with van der Waals surface area (Å²) in [6, 6.07) is 2.76. The summed E-state index contributed by atoms with van der Waals surface area (Å²) >= 11 is 0. The van der Waals surface area contributed by atoms with Gasteiger partial charge in [-0.05, 0) is 13.0 Å². The van der Waals surface area contributed by atoms with Crippen molar-refractivity contribution in [3.63, 3.8) is 0 Å². The fourth-order valence-corrected chi connectivity index (χ4v) is 2.87. The molecule has 23 heavy (non-hydrogen) atoms. The van der Waals surface area contributed by atoms with Crippen LogP contribution >= 0.6 is 0 Å². The van der Waals surface area contributed by atoms with Crippen LogP contribution in [0.25, 0.3) is 11.4 Å². The van der Waals surface area contributed by atoms with E-state index in [1.54, 1.807) is 24.0 Å². The second kappa shape index (κ2) is 6.67. The largest absolute Gasteiger partial charge is 0.384 e. The van der Waals surface area contributed by atoms with Crippen molar-refractivity contribution < 1.29 is 4.74 Å². The Hall–Kier alpha value is -1.93. The molecule has 8 heteroatoms. The molecule has 0 saturated heterocycles. The van der Waals surface area contributed by atoms with Crippen LogP contribution in [0.3, 0.4) is 0 Å². The van der Waals surface area contributed by atoms with Crippen LogP contribution in [-0.4, -0.2) is 34.0 Å². The molecule has 2 N–H and O–H groups in total. The van der Waals surface area contributed by atoms with E-state index in [4.69, 9.17) is 10.5 Å². The highest BCUT2D eigenvalue weighted by molar-refractivity contribution is 6.76. The summed E-state index contributed by atoms with van der Waals surface area (Å²) in [5.41, 5.74) is 6.74. The number of rotatable bonds is 6. The Balaban J connectivity index is 2.17. The molecule has 0 aromatic carbocycles. The van der Waals surface area contributed by atoms with E-state index in [1.807, 2.05) is 6.92 Å². The highest BCUT2D eigenvalue weighted by atomic mass is 28.3. The minimum Gasteiger partial charge on any atom is -0.384 e. The number of nitrogens with two attached hydrogens (primary N) is 1. The van der Waals surface area contributed by atoms with Crippen LogP contribution in [0, 0.1) is 6.92 Å². The summed E-state index contributed by atoms with van der Waals surface area (Å²) in [6.07, 6.45) is 1.71. The Kier molecular flexibility index (Phi) is 5.05. The lowest BCUT2D eigenvalue weighted by molar-refractivity contribution is 0.0703. The average Bonchev–Trinajstić information content (AvgIpc) is 2.70. The Morgan fingerprint density at radius 2 is 2.00 bits per heavy atom. The van der Waals surface area contributed by atoms with Crippen LogP contribution in [0.1, 0.15) is 5.69 Å². The highest BCUT2D eigenvalue weighted by Crippen LogP contribution is 2.13. The van der Waals surface area contributed by atoms with Crippen molar-refractivity contribution in [3.05, 3.63) is 28.3 Å². The fourth-order valence-electron chi connectivity index (χ4n) is 2.11. The topological polar surface area (TPSA) is 88.0 Å². The van der Waals surface area contributed by atoms with E-state index in [1.165, 1.54) is 4.68 Å². The summed E-state index contributed by atoms with van der Waals surface area (Å²) in [4.78, 5) is 20.8. The van der Waals surface area contributed by atoms with Crippen LogP contribution in [0.4, 0.5) is 5.82 Å². The van der Waals surface area contributed by atoms with E-state index in [-0.39, 0.29) is 5.56 Å². The van der Waals surface area contributed by atoms with Gasteiger partial charge in [0.15, 0.2) is 5.82 Å². The molecule has 0 atom stereocenters. The zero-order chi connectivity index (χ0) is 17.2. The molecule has 0 aliphatic carbocycles. The van der Waals surface area contributed by atoms with Crippen molar-refractivity contribution in [2.45, 2.75) is 39.3 Å². The monoisotopic (exact) mass is 335 g/mol. The van der Waals surface area contributed by atoms with Gasteiger partial charge in [-0.3, -0.25) is 14.2 Å². The van der Waals surface area contributed by atoms with Crippen molar-refractivity contribution >= 4 is 13.9 Å². The van der Waals surface area contributed by atoms with Gasteiger partial charge >= 0.3 is 0 Å². The van der Waals surface area contributed by atoms with E-state index in [0.717, 1.165) is 11.7 Å². The summed E-state index contributed by atoms with van der Waals surface area (Å²) in [5.74, 6) is 0.706. The van der Waals surface area contributed by atoms with Crippen molar-refractivity contribution in [1.82, 2.24) is 19.3 Å². The molecule has 2 aromatic rings. The van der Waals surface area contributed by atoms with Crippen LogP contribution in [0.5, 0.6) is 0 Å². The first-order valence-electron chi connectivity index (χ1n) is 7.63. The third-order valence-corrected chi connectivity index (χ3v) is 5.23. The Labute approximate surface area is 137 Å². The number of ether oxygens (including phenoxy) is 1. The van der Waals surface area contributed by atoms with E-state index < -0.39 is 8.07 Å². The van der Waals surface area contributed by atoms with E-state index in [0.29, 0.717) is 30.5 Å². The maximum Gasteiger partial charge on any atom is 0.277 e. The van der Waals surface area contributed by atoms with Gasteiger partial charge in [0.05, 0.1) is 0 Å². The quantitative estimate of drug-likeness (QED) is 0.643. The standard InChI is InChI=1S/C15H25N5O2Si/c1-11-8-13(16)18-14(17-11)12-9-20(19(2)15(12)21)10-22-6-7-23(3,4)5/h8-9H,6-7,10H2,1-5H3,(H2,16,17,18). The van der Waals surface area contributed by atoms with Gasteiger partial charge in [-0.2, -0.15) is 0 Å². The summed E-state index contributed by atoms with van der Waals surface area (Å²) < 4.78 is 8.93. The fraction of sp³-hybridized carbons (Fsp3) is 0.533. The van der Waals surface area contributed by atoms with Gasteiger partial charge < -0.3 is 10.5 Å². The number of aromatic nitrogens is 4. The summed E-state index contributed by atoms with van der Waals surface area (Å²) in [7, 11) is 0.585. The normalized spacial score (nSPS) is 11.9. The maximum absolute atomic E-state index is 12.4. The van der Waals surface area contributed by atoms with E-state index in [2.05, 4.69) is 29.6 Å². The molecule has 0 radical (unpaired) electrons. The first kappa shape index (κ1) is 17.4. The maximum atomic E-state index is 12.4. The third kappa shape index (κ3) is 4.52. The molecule has 0 aliphatic rings. The predicted octanol–water partition coefficient (Wildman–Crippen LogP) is 1.85. The van der Waals surface area contributed by atoms with E-state index >= 15 is 0 Å². The lowest BCUT2D eigenvalue weighted by Crippen LogP contribution is -2.24. The third-order valence-electron chi connectivity index (χ3n) is 3.52. The molecule has 0 unspecified atom stereocenters. The van der Waals surface area contributed by atoms with Crippen LogP contribution in [0.2, 0.25) is 25.7 Å². The van der Waals surface area contributed by atoms with Crippen molar-refractivity contribution in [1.29, 1.82) is 0 Å². The number of nitrogens with zero attached hydrogens (tertiary/aromatic N) is 4. The molecule has 2 aromatic heterocycles. The molecule has 2 rings (SSSR count). The molecule has 0 aliphatic heterocycles. The number of aryl methyl sites for hydroxylation is 1. The second-order valence-corrected chi connectivity index (χ2v) is 12.5. The smallest absolute Gasteiger partial charge is 0.277 e. The van der Waals surface area contributed by atoms with Gasteiger partial charge in [0.25, 0.3) is 5.56 Å². The molecule has 2 heterocycles. The van der Waals surface area contributed by atoms with Gasteiger partial charge in [0.1, 0.15) is 18.1 Å². The van der Waals surface area contributed by atoms with Crippen LogP contribution in [-0.2, 0) is 18.5 Å².